The highest BCUT2D eigenvalue weighted by Gasteiger charge is 2.05. The first kappa shape index (κ1) is 11.0. The van der Waals surface area contributed by atoms with Crippen LogP contribution in [0.2, 0.25) is 0 Å². The first-order valence-corrected chi connectivity index (χ1v) is 5.95. The van der Waals surface area contributed by atoms with Crippen molar-refractivity contribution in [3.63, 3.8) is 0 Å². The molecule has 0 spiro atoms. The average molecular weight is 259 g/mol. The Morgan fingerprint density at radius 1 is 1.33 bits per heavy atom. The third kappa shape index (κ3) is 1.91. The van der Waals surface area contributed by atoms with Crippen molar-refractivity contribution in [3.05, 3.63) is 46.8 Å². The Bertz CT molecular complexity index is 763. The third-order valence-electron chi connectivity index (χ3n) is 2.56. The Hall–Kier alpha value is -2.08. The van der Waals surface area contributed by atoms with Gasteiger partial charge >= 0.3 is 5.76 Å². The van der Waals surface area contributed by atoms with Gasteiger partial charge < -0.3 is 4.42 Å². The molecule has 0 saturated carbocycles. The minimum atomic E-state index is -0.458. The second-order valence-corrected chi connectivity index (χ2v) is 4.06. The van der Waals surface area contributed by atoms with E-state index in [0.29, 0.717) is 22.7 Å². The molecule has 18 heavy (non-hydrogen) atoms. The zero-order chi connectivity index (χ0) is 12.5. The fourth-order valence-corrected chi connectivity index (χ4v) is 1.89. The minimum absolute atomic E-state index is 0.458. The maximum absolute atomic E-state index is 11.1. The van der Waals surface area contributed by atoms with Crippen molar-refractivity contribution in [1.82, 2.24) is 15.0 Å². The predicted molar refractivity (Wildman–Crippen MR) is 70.6 cm³/mol. The lowest BCUT2D eigenvalue weighted by atomic mass is 10.1. The molecule has 6 heteroatoms. The summed E-state index contributed by atoms with van der Waals surface area (Å²) >= 11 is 4.14. The van der Waals surface area contributed by atoms with Crippen molar-refractivity contribution in [2.45, 2.75) is 5.75 Å². The van der Waals surface area contributed by atoms with Crippen LogP contribution in [0.25, 0.3) is 22.4 Å². The summed E-state index contributed by atoms with van der Waals surface area (Å²) in [5, 5.41) is 0. The van der Waals surface area contributed by atoms with Gasteiger partial charge in [-0.2, -0.15) is 12.6 Å². The van der Waals surface area contributed by atoms with Crippen LogP contribution in [-0.2, 0) is 5.75 Å². The number of hydrogen-bond acceptors (Lipinski definition) is 5. The Morgan fingerprint density at radius 3 is 3.06 bits per heavy atom. The molecule has 0 aliphatic rings. The number of nitrogens with zero attached hydrogens (tertiary/aromatic N) is 2. The molecule has 0 bridgehead atoms. The van der Waals surface area contributed by atoms with E-state index >= 15 is 0 Å². The SMILES string of the molecule is O=c1[nH]c2ccc(-c3ccnc(CS)n3)cc2o1. The van der Waals surface area contributed by atoms with Crippen LogP contribution < -0.4 is 5.76 Å². The van der Waals surface area contributed by atoms with Gasteiger partial charge in [0.05, 0.1) is 17.0 Å². The van der Waals surface area contributed by atoms with Gasteiger partial charge in [-0.25, -0.2) is 14.8 Å². The summed E-state index contributed by atoms with van der Waals surface area (Å²) < 4.78 is 5.02. The van der Waals surface area contributed by atoms with Gasteiger partial charge in [0.15, 0.2) is 5.58 Å². The van der Waals surface area contributed by atoms with Gasteiger partial charge in [0.2, 0.25) is 0 Å². The number of oxazole rings is 1. The Labute approximate surface area is 107 Å². The van der Waals surface area contributed by atoms with Gasteiger partial charge in [-0.1, -0.05) is 6.07 Å². The quantitative estimate of drug-likeness (QED) is 0.690. The van der Waals surface area contributed by atoms with E-state index in [4.69, 9.17) is 4.42 Å². The van der Waals surface area contributed by atoms with Gasteiger partial charge in [-0.3, -0.25) is 4.98 Å². The van der Waals surface area contributed by atoms with E-state index in [2.05, 4.69) is 27.6 Å². The van der Waals surface area contributed by atoms with Gasteiger partial charge in [-0.05, 0) is 18.2 Å². The number of fused-ring (bicyclic) bond motifs is 1. The fourth-order valence-electron chi connectivity index (χ4n) is 1.74. The van der Waals surface area contributed by atoms with E-state index < -0.39 is 5.76 Å². The highest BCUT2D eigenvalue weighted by Crippen LogP contribution is 2.21. The van der Waals surface area contributed by atoms with Crippen LogP contribution in [0.5, 0.6) is 0 Å². The van der Waals surface area contributed by atoms with E-state index in [9.17, 15) is 4.79 Å². The molecule has 2 aromatic heterocycles. The number of aromatic amines is 1. The number of rotatable bonds is 2. The van der Waals surface area contributed by atoms with Crippen LogP contribution in [0.4, 0.5) is 0 Å². The van der Waals surface area contributed by atoms with Gasteiger partial charge in [-0.15, -0.1) is 0 Å². The Morgan fingerprint density at radius 2 is 2.22 bits per heavy atom. The van der Waals surface area contributed by atoms with E-state index in [1.165, 1.54) is 0 Å². The van der Waals surface area contributed by atoms with Crippen LogP contribution in [0.15, 0.2) is 39.7 Å². The number of nitrogens with one attached hydrogen (secondary N) is 1. The molecule has 1 aromatic carbocycles. The Balaban J connectivity index is 2.15. The maximum atomic E-state index is 11.1. The highest BCUT2D eigenvalue weighted by atomic mass is 32.1. The van der Waals surface area contributed by atoms with Crippen molar-refractivity contribution in [1.29, 1.82) is 0 Å². The molecule has 3 rings (SSSR count). The van der Waals surface area contributed by atoms with E-state index in [1.54, 1.807) is 24.4 Å². The zero-order valence-electron chi connectivity index (χ0n) is 9.25. The molecule has 0 unspecified atom stereocenters. The minimum Gasteiger partial charge on any atom is -0.408 e. The van der Waals surface area contributed by atoms with Gasteiger partial charge in [0.25, 0.3) is 0 Å². The molecule has 0 saturated heterocycles. The molecule has 0 amide bonds. The van der Waals surface area contributed by atoms with Gasteiger partial charge in [0.1, 0.15) is 5.82 Å². The third-order valence-corrected chi connectivity index (χ3v) is 2.85. The van der Waals surface area contributed by atoms with Crippen LogP contribution in [-0.4, -0.2) is 15.0 Å². The maximum Gasteiger partial charge on any atom is 0.417 e. The molecule has 0 fully saturated rings. The Kier molecular flexibility index (Phi) is 2.64. The van der Waals surface area contributed by atoms with Crippen molar-refractivity contribution >= 4 is 23.7 Å². The highest BCUT2D eigenvalue weighted by molar-refractivity contribution is 7.79. The van der Waals surface area contributed by atoms with Crippen molar-refractivity contribution in [2.24, 2.45) is 0 Å². The molecule has 0 aliphatic carbocycles. The smallest absolute Gasteiger partial charge is 0.408 e. The van der Waals surface area contributed by atoms with Crippen LogP contribution in [0.1, 0.15) is 5.82 Å². The van der Waals surface area contributed by atoms with Crippen LogP contribution in [0.3, 0.4) is 0 Å². The molecule has 3 aromatic rings. The summed E-state index contributed by atoms with van der Waals surface area (Å²) in [5.74, 6) is 0.683. The molecular weight excluding hydrogens is 250 g/mol. The second kappa shape index (κ2) is 4.30. The summed E-state index contributed by atoms with van der Waals surface area (Å²) in [7, 11) is 0. The van der Waals surface area contributed by atoms with Crippen LogP contribution >= 0.6 is 12.6 Å². The lowest BCUT2D eigenvalue weighted by Gasteiger charge is -2.01. The number of aromatic nitrogens is 3. The lowest BCUT2D eigenvalue weighted by Crippen LogP contribution is -1.92. The fraction of sp³-hybridized carbons (Fsp3) is 0.0833. The molecule has 0 radical (unpaired) electrons. The van der Waals surface area contributed by atoms with Crippen molar-refractivity contribution < 1.29 is 4.42 Å². The summed E-state index contributed by atoms with van der Waals surface area (Å²) in [6.45, 7) is 0. The summed E-state index contributed by atoms with van der Waals surface area (Å²) in [6.07, 6.45) is 1.69. The van der Waals surface area contributed by atoms with Gasteiger partial charge in [0, 0.05) is 11.8 Å². The summed E-state index contributed by atoms with van der Waals surface area (Å²) in [4.78, 5) is 22.1. The van der Waals surface area contributed by atoms with E-state index in [1.807, 2.05) is 6.07 Å². The number of thiol groups is 1. The normalized spacial score (nSPS) is 10.9. The molecule has 1 N–H and O–H groups in total. The number of H-pyrrole nitrogens is 1. The predicted octanol–water partition coefficient (Wildman–Crippen LogP) is 2.01. The first-order valence-electron chi connectivity index (χ1n) is 5.32. The molecular formula is C12H9N3O2S. The monoisotopic (exact) mass is 259 g/mol. The zero-order valence-corrected chi connectivity index (χ0v) is 10.1. The number of benzene rings is 1. The summed E-state index contributed by atoms with van der Waals surface area (Å²) in [5.41, 5.74) is 2.84. The lowest BCUT2D eigenvalue weighted by molar-refractivity contribution is 0.555. The molecule has 5 nitrogen and oxygen atoms in total. The van der Waals surface area contributed by atoms with E-state index in [-0.39, 0.29) is 0 Å². The number of hydrogen-bond donors (Lipinski definition) is 2. The molecule has 2 heterocycles. The van der Waals surface area contributed by atoms with E-state index in [0.717, 1.165) is 11.3 Å². The topological polar surface area (TPSA) is 71.8 Å². The summed E-state index contributed by atoms with van der Waals surface area (Å²) in [6, 6.07) is 7.24. The van der Waals surface area contributed by atoms with Crippen molar-refractivity contribution in [3.8, 4) is 11.3 Å². The largest absolute Gasteiger partial charge is 0.417 e. The van der Waals surface area contributed by atoms with Crippen LogP contribution in [0, 0.1) is 0 Å². The van der Waals surface area contributed by atoms with Crippen molar-refractivity contribution in [2.75, 3.05) is 0 Å². The second-order valence-electron chi connectivity index (χ2n) is 3.74. The molecule has 0 aliphatic heterocycles. The average Bonchev–Trinajstić information content (AvgIpc) is 2.77. The standard InChI is InChI=1S/C12H9N3O2S/c16-12-15-9-2-1-7(5-10(9)17-12)8-3-4-13-11(6-18)14-8/h1-5,18H,6H2,(H,15,16). The first-order chi connectivity index (χ1) is 8.76. The molecule has 90 valence electrons. The molecule has 0 atom stereocenters.